The highest BCUT2D eigenvalue weighted by atomic mass is 79.9. The molecule has 1 aromatic carbocycles. The number of hydrogen-bond acceptors (Lipinski definition) is 1. The molecule has 0 aliphatic carbocycles. The molecule has 0 radical (unpaired) electrons. The molecule has 2 aromatic rings. The van der Waals surface area contributed by atoms with Gasteiger partial charge in [-0.05, 0) is 17.7 Å². The summed E-state index contributed by atoms with van der Waals surface area (Å²) in [5.41, 5.74) is 2.26. The monoisotopic (exact) mass is 314 g/mol. The molecule has 0 unspecified atom stereocenters. The summed E-state index contributed by atoms with van der Waals surface area (Å²) < 4.78 is 2.21. The molecule has 0 fully saturated rings. The second-order valence-electron chi connectivity index (χ2n) is 2.94. The van der Waals surface area contributed by atoms with E-state index in [0.29, 0.717) is 0 Å². The maximum Gasteiger partial charge on any atom is 0.0923 e. The van der Waals surface area contributed by atoms with E-state index in [2.05, 4.69) is 41.8 Å². The lowest BCUT2D eigenvalue weighted by Gasteiger charge is -2.04. The van der Waals surface area contributed by atoms with Gasteiger partial charge in [-0.15, -0.1) is 0 Å². The third-order valence-electron chi connectivity index (χ3n) is 1.97. The van der Waals surface area contributed by atoms with Gasteiger partial charge < -0.3 is 4.98 Å². The van der Waals surface area contributed by atoms with E-state index in [-0.39, 0.29) is 0 Å². The predicted molar refractivity (Wildman–Crippen MR) is 63.2 cm³/mol. The summed E-state index contributed by atoms with van der Waals surface area (Å²) in [6.07, 6.45) is 4.43. The van der Waals surface area contributed by atoms with Gasteiger partial charge in [-0.1, -0.05) is 37.9 Å². The van der Waals surface area contributed by atoms with Crippen molar-refractivity contribution >= 4 is 31.9 Å². The molecule has 14 heavy (non-hydrogen) atoms. The van der Waals surface area contributed by atoms with E-state index in [4.69, 9.17) is 0 Å². The smallest absolute Gasteiger partial charge is 0.0923 e. The highest BCUT2D eigenvalue weighted by Gasteiger charge is 2.06. The van der Waals surface area contributed by atoms with Crippen molar-refractivity contribution in [1.29, 1.82) is 0 Å². The van der Waals surface area contributed by atoms with Crippen LogP contribution in [0.25, 0.3) is 0 Å². The summed E-state index contributed by atoms with van der Waals surface area (Å²) in [7, 11) is 0. The summed E-state index contributed by atoms with van der Waals surface area (Å²) >= 11 is 7.05. The van der Waals surface area contributed by atoms with E-state index in [9.17, 15) is 0 Å². The number of aromatic nitrogens is 2. The lowest BCUT2D eigenvalue weighted by atomic mass is 10.1. The lowest BCUT2D eigenvalue weighted by molar-refractivity contribution is 1.09. The van der Waals surface area contributed by atoms with Crippen LogP contribution in [0.1, 0.15) is 11.3 Å². The molecule has 0 saturated heterocycles. The van der Waals surface area contributed by atoms with Gasteiger partial charge in [-0.25, -0.2) is 4.98 Å². The zero-order chi connectivity index (χ0) is 9.97. The minimum atomic E-state index is 0.825. The number of benzene rings is 1. The van der Waals surface area contributed by atoms with Crippen LogP contribution in [0.3, 0.4) is 0 Å². The first-order valence-electron chi connectivity index (χ1n) is 4.18. The predicted octanol–water partition coefficient (Wildman–Crippen LogP) is 3.53. The van der Waals surface area contributed by atoms with Crippen LogP contribution >= 0.6 is 31.9 Å². The molecule has 2 rings (SSSR count). The number of rotatable bonds is 2. The standard InChI is InChI=1S/C10H8Br2N2/c11-9-2-1-3-10(12)8(9)4-7-5-13-6-14-7/h1-3,5-6H,4H2,(H,13,14). The highest BCUT2D eigenvalue weighted by molar-refractivity contribution is 9.11. The van der Waals surface area contributed by atoms with Gasteiger partial charge in [0.15, 0.2) is 0 Å². The number of hydrogen-bond donors (Lipinski definition) is 1. The Kier molecular flexibility index (Phi) is 3.03. The molecule has 0 bridgehead atoms. The van der Waals surface area contributed by atoms with Gasteiger partial charge in [0.1, 0.15) is 0 Å². The maximum atomic E-state index is 4.20. The average Bonchev–Trinajstić information content (AvgIpc) is 2.64. The van der Waals surface area contributed by atoms with Gasteiger partial charge in [0.05, 0.1) is 12.0 Å². The Balaban J connectivity index is 2.33. The van der Waals surface area contributed by atoms with Crippen LogP contribution in [0.15, 0.2) is 39.7 Å². The Labute approximate surface area is 99.0 Å². The molecule has 0 aliphatic rings. The molecule has 1 N–H and O–H groups in total. The van der Waals surface area contributed by atoms with Crippen LogP contribution in [0.2, 0.25) is 0 Å². The van der Waals surface area contributed by atoms with Gasteiger partial charge in [0.25, 0.3) is 0 Å². The minimum Gasteiger partial charge on any atom is -0.351 e. The maximum absolute atomic E-state index is 4.20. The molecule has 0 amide bonds. The Morgan fingerprint density at radius 1 is 1.21 bits per heavy atom. The van der Waals surface area contributed by atoms with Crippen molar-refractivity contribution in [3.05, 3.63) is 50.9 Å². The van der Waals surface area contributed by atoms with Crippen molar-refractivity contribution in [3.8, 4) is 0 Å². The van der Waals surface area contributed by atoms with Crippen LogP contribution in [0.5, 0.6) is 0 Å². The number of imidazole rings is 1. The first kappa shape index (κ1) is 9.93. The van der Waals surface area contributed by atoms with Gasteiger partial charge in [0, 0.05) is 21.6 Å². The zero-order valence-corrected chi connectivity index (χ0v) is 10.5. The third kappa shape index (κ3) is 2.07. The van der Waals surface area contributed by atoms with E-state index < -0.39 is 0 Å². The van der Waals surface area contributed by atoms with Crippen LogP contribution < -0.4 is 0 Å². The molecular formula is C10H8Br2N2. The molecule has 1 heterocycles. The van der Waals surface area contributed by atoms with Crippen molar-refractivity contribution in [2.75, 3.05) is 0 Å². The molecule has 0 spiro atoms. The molecule has 0 aliphatic heterocycles. The Morgan fingerprint density at radius 2 is 1.93 bits per heavy atom. The Morgan fingerprint density at radius 3 is 2.50 bits per heavy atom. The van der Waals surface area contributed by atoms with E-state index in [1.807, 2.05) is 24.4 Å². The topological polar surface area (TPSA) is 28.7 Å². The van der Waals surface area contributed by atoms with Crippen LogP contribution in [-0.4, -0.2) is 9.97 Å². The SMILES string of the molecule is Brc1cccc(Br)c1Cc1c[nH]cn1. The van der Waals surface area contributed by atoms with Crippen LogP contribution in [0.4, 0.5) is 0 Å². The highest BCUT2D eigenvalue weighted by Crippen LogP contribution is 2.26. The third-order valence-corrected chi connectivity index (χ3v) is 3.46. The summed E-state index contributed by atoms with van der Waals surface area (Å²) in [5.74, 6) is 0. The van der Waals surface area contributed by atoms with Gasteiger partial charge >= 0.3 is 0 Å². The van der Waals surface area contributed by atoms with Gasteiger partial charge in [-0.2, -0.15) is 0 Å². The summed E-state index contributed by atoms with van der Waals surface area (Å²) in [4.78, 5) is 7.14. The Hall–Kier alpha value is -0.610. The van der Waals surface area contributed by atoms with Crippen LogP contribution in [-0.2, 0) is 6.42 Å². The second kappa shape index (κ2) is 4.28. The van der Waals surface area contributed by atoms with Gasteiger partial charge in [-0.3, -0.25) is 0 Å². The summed E-state index contributed by atoms with van der Waals surface area (Å²) in [6.45, 7) is 0. The number of nitrogens with zero attached hydrogens (tertiary/aromatic N) is 1. The fourth-order valence-electron chi connectivity index (χ4n) is 1.27. The van der Waals surface area contributed by atoms with Crippen LogP contribution in [0, 0.1) is 0 Å². The number of H-pyrrole nitrogens is 1. The van der Waals surface area contributed by atoms with E-state index in [1.54, 1.807) is 6.33 Å². The fraction of sp³-hybridized carbons (Fsp3) is 0.100. The molecule has 4 heteroatoms. The lowest BCUT2D eigenvalue weighted by Crippen LogP contribution is -1.91. The Bertz CT molecular complexity index is 403. The van der Waals surface area contributed by atoms with Crippen molar-refractivity contribution < 1.29 is 0 Å². The first-order valence-corrected chi connectivity index (χ1v) is 5.76. The first-order chi connectivity index (χ1) is 6.77. The second-order valence-corrected chi connectivity index (χ2v) is 4.65. The summed E-state index contributed by atoms with van der Waals surface area (Å²) in [5, 5.41) is 0. The molecule has 2 nitrogen and oxygen atoms in total. The van der Waals surface area contributed by atoms with Crippen molar-refractivity contribution in [3.63, 3.8) is 0 Å². The molecule has 1 aromatic heterocycles. The normalized spacial score (nSPS) is 10.4. The minimum absolute atomic E-state index is 0.825. The quantitative estimate of drug-likeness (QED) is 0.902. The number of nitrogens with one attached hydrogen (secondary N) is 1. The average molecular weight is 316 g/mol. The zero-order valence-electron chi connectivity index (χ0n) is 7.30. The van der Waals surface area contributed by atoms with E-state index >= 15 is 0 Å². The molecule has 0 atom stereocenters. The summed E-state index contributed by atoms with van der Waals surface area (Å²) in [6, 6.07) is 6.07. The van der Waals surface area contributed by atoms with Crippen molar-refractivity contribution in [1.82, 2.24) is 9.97 Å². The van der Waals surface area contributed by atoms with Crippen molar-refractivity contribution in [2.24, 2.45) is 0 Å². The fourth-order valence-corrected chi connectivity index (χ4v) is 2.55. The molecular weight excluding hydrogens is 308 g/mol. The van der Waals surface area contributed by atoms with E-state index in [0.717, 1.165) is 21.1 Å². The number of aromatic amines is 1. The van der Waals surface area contributed by atoms with E-state index in [1.165, 1.54) is 5.56 Å². The van der Waals surface area contributed by atoms with Crippen molar-refractivity contribution in [2.45, 2.75) is 6.42 Å². The van der Waals surface area contributed by atoms with Gasteiger partial charge in [0.2, 0.25) is 0 Å². The molecule has 72 valence electrons. The number of halogens is 2. The molecule has 0 saturated carbocycles. The largest absolute Gasteiger partial charge is 0.351 e.